The van der Waals surface area contributed by atoms with Crippen molar-refractivity contribution in [3.8, 4) is 0 Å². The Balaban J connectivity index is 2.79. The molecule has 0 bridgehead atoms. The topological polar surface area (TPSA) is 60.9 Å². The summed E-state index contributed by atoms with van der Waals surface area (Å²) in [5.41, 5.74) is 0. The summed E-state index contributed by atoms with van der Waals surface area (Å²) in [4.78, 5) is 26.7. The number of carbonyl (C=O) groups is 2. The van der Waals surface area contributed by atoms with E-state index >= 15 is 0 Å². The van der Waals surface area contributed by atoms with Gasteiger partial charge in [-0.1, -0.05) is 13.8 Å². The van der Waals surface area contributed by atoms with Crippen molar-refractivity contribution in [2.75, 3.05) is 20.1 Å². The van der Waals surface area contributed by atoms with Crippen LogP contribution in [-0.4, -0.2) is 59.0 Å². The van der Waals surface area contributed by atoms with Gasteiger partial charge in [-0.15, -0.1) is 0 Å². The van der Waals surface area contributed by atoms with Gasteiger partial charge in [0.15, 0.2) is 0 Å². The first kappa shape index (κ1) is 15.0. The average Bonchev–Trinajstić information content (AvgIpc) is 2.24. The molecule has 104 valence electrons. The Bertz CT molecular complexity index is 317. The Morgan fingerprint density at radius 3 is 2.61 bits per heavy atom. The number of nitrogens with zero attached hydrogens (tertiary/aromatic N) is 2. The van der Waals surface area contributed by atoms with E-state index in [9.17, 15) is 9.59 Å². The van der Waals surface area contributed by atoms with Crippen LogP contribution in [0.5, 0.6) is 0 Å². The van der Waals surface area contributed by atoms with Crippen LogP contribution in [0.15, 0.2) is 0 Å². The van der Waals surface area contributed by atoms with Crippen molar-refractivity contribution in [3.63, 3.8) is 0 Å². The van der Waals surface area contributed by atoms with Crippen LogP contribution in [0.3, 0.4) is 0 Å². The van der Waals surface area contributed by atoms with Gasteiger partial charge in [-0.2, -0.15) is 0 Å². The third-order valence-corrected chi connectivity index (χ3v) is 3.50. The Kier molecular flexibility index (Phi) is 5.14. The third-order valence-electron chi connectivity index (χ3n) is 3.50. The molecule has 1 N–H and O–H groups in total. The van der Waals surface area contributed by atoms with Gasteiger partial charge in [0.1, 0.15) is 6.04 Å². The number of likely N-dealkylation sites (N-methyl/N-ethyl adjacent to an activating group) is 1. The van der Waals surface area contributed by atoms with Gasteiger partial charge in [-0.25, -0.2) is 0 Å². The number of carboxylic acids is 1. The number of hydrogen-bond donors (Lipinski definition) is 1. The molecule has 1 rings (SSSR count). The standard InChI is InChI=1S/C13H24N2O3/c1-9(2)5-6-15-10(3)8-14(4)13(18)11(15)7-12(16)17/h9-11H,5-8H2,1-4H3,(H,16,17). The third kappa shape index (κ3) is 3.70. The number of rotatable bonds is 5. The van der Waals surface area contributed by atoms with Crippen molar-refractivity contribution in [1.82, 2.24) is 9.80 Å². The summed E-state index contributed by atoms with van der Waals surface area (Å²) in [6.45, 7) is 7.78. The summed E-state index contributed by atoms with van der Waals surface area (Å²) in [5, 5.41) is 8.95. The van der Waals surface area contributed by atoms with Gasteiger partial charge in [0.2, 0.25) is 5.91 Å². The molecule has 0 aliphatic carbocycles. The fourth-order valence-electron chi connectivity index (χ4n) is 2.45. The molecule has 2 atom stereocenters. The normalized spacial score (nSPS) is 25.8. The number of aliphatic carboxylic acids is 1. The predicted molar refractivity (Wildman–Crippen MR) is 69.3 cm³/mol. The van der Waals surface area contributed by atoms with Crippen molar-refractivity contribution in [1.29, 1.82) is 0 Å². The summed E-state index contributed by atoms with van der Waals surface area (Å²) in [6, 6.07) is -0.286. The highest BCUT2D eigenvalue weighted by atomic mass is 16.4. The second-order valence-corrected chi connectivity index (χ2v) is 5.60. The number of carbonyl (C=O) groups excluding carboxylic acids is 1. The zero-order valence-corrected chi connectivity index (χ0v) is 11.7. The Hall–Kier alpha value is -1.10. The minimum atomic E-state index is -0.912. The largest absolute Gasteiger partial charge is 0.481 e. The number of amides is 1. The van der Waals surface area contributed by atoms with Crippen LogP contribution in [0.2, 0.25) is 0 Å². The molecule has 1 fully saturated rings. The highest BCUT2D eigenvalue weighted by molar-refractivity contribution is 5.86. The molecule has 0 aromatic heterocycles. The van der Waals surface area contributed by atoms with Gasteiger partial charge in [0.25, 0.3) is 0 Å². The van der Waals surface area contributed by atoms with Gasteiger partial charge >= 0.3 is 5.97 Å². The molecule has 5 heteroatoms. The Morgan fingerprint density at radius 2 is 2.11 bits per heavy atom. The lowest BCUT2D eigenvalue weighted by Crippen LogP contribution is -2.60. The number of piperazine rings is 1. The lowest BCUT2D eigenvalue weighted by molar-refractivity contribution is -0.150. The minimum Gasteiger partial charge on any atom is -0.481 e. The first-order chi connectivity index (χ1) is 8.32. The average molecular weight is 256 g/mol. The molecule has 0 saturated carbocycles. The smallest absolute Gasteiger partial charge is 0.305 e. The maximum absolute atomic E-state index is 12.1. The zero-order valence-electron chi connectivity index (χ0n) is 11.7. The van der Waals surface area contributed by atoms with Crippen molar-refractivity contribution in [2.45, 2.75) is 45.7 Å². The fraction of sp³-hybridized carbons (Fsp3) is 0.846. The quantitative estimate of drug-likeness (QED) is 0.798. The molecule has 0 aromatic carbocycles. The number of hydrogen-bond acceptors (Lipinski definition) is 3. The van der Waals surface area contributed by atoms with Crippen LogP contribution in [0.4, 0.5) is 0 Å². The molecule has 1 aliphatic heterocycles. The van der Waals surface area contributed by atoms with Crippen molar-refractivity contribution in [3.05, 3.63) is 0 Å². The molecule has 18 heavy (non-hydrogen) atoms. The van der Waals surface area contributed by atoms with Crippen LogP contribution in [-0.2, 0) is 9.59 Å². The van der Waals surface area contributed by atoms with E-state index in [1.54, 1.807) is 11.9 Å². The molecule has 5 nitrogen and oxygen atoms in total. The fourth-order valence-corrected chi connectivity index (χ4v) is 2.45. The maximum Gasteiger partial charge on any atom is 0.305 e. The molecular weight excluding hydrogens is 232 g/mol. The van der Waals surface area contributed by atoms with E-state index in [2.05, 4.69) is 25.7 Å². The van der Waals surface area contributed by atoms with Crippen molar-refractivity contribution < 1.29 is 14.7 Å². The molecule has 1 saturated heterocycles. The van der Waals surface area contributed by atoms with E-state index in [1.807, 2.05) is 0 Å². The highest BCUT2D eigenvalue weighted by Gasteiger charge is 2.38. The summed E-state index contributed by atoms with van der Waals surface area (Å²) >= 11 is 0. The Labute approximate surface area is 109 Å². The van der Waals surface area contributed by atoms with E-state index in [0.29, 0.717) is 12.5 Å². The van der Waals surface area contributed by atoms with Crippen LogP contribution in [0.25, 0.3) is 0 Å². The summed E-state index contributed by atoms with van der Waals surface area (Å²) in [7, 11) is 1.74. The van der Waals surface area contributed by atoms with Crippen LogP contribution in [0, 0.1) is 5.92 Å². The van der Waals surface area contributed by atoms with Crippen molar-refractivity contribution in [2.24, 2.45) is 5.92 Å². The molecule has 0 radical (unpaired) electrons. The van der Waals surface area contributed by atoms with E-state index in [0.717, 1.165) is 13.0 Å². The Morgan fingerprint density at radius 1 is 1.50 bits per heavy atom. The monoisotopic (exact) mass is 256 g/mol. The molecule has 2 unspecified atom stereocenters. The van der Waals surface area contributed by atoms with E-state index in [1.165, 1.54) is 0 Å². The second-order valence-electron chi connectivity index (χ2n) is 5.60. The zero-order chi connectivity index (χ0) is 13.9. The van der Waals surface area contributed by atoms with Crippen molar-refractivity contribution >= 4 is 11.9 Å². The molecule has 1 aliphatic rings. The molecular formula is C13H24N2O3. The SMILES string of the molecule is CC(C)CCN1C(C)CN(C)C(=O)C1CC(=O)O. The van der Waals surface area contributed by atoms with Gasteiger partial charge in [-0.05, 0) is 25.8 Å². The lowest BCUT2D eigenvalue weighted by Gasteiger charge is -2.43. The van der Waals surface area contributed by atoms with Crippen LogP contribution < -0.4 is 0 Å². The first-order valence-corrected chi connectivity index (χ1v) is 6.55. The van der Waals surface area contributed by atoms with Crippen LogP contribution >= 0.6 is 0 Å². The van der Waals surface area contributed by atoms with Gasteiger partial charge in [-0.3, -0.25) is 14.5 Å². The minimum absolute atomic E-state index is 0.0701. The number of carboxylic acid groups (broad SMARTS) is 1. The molecule has 1 heterocycles. The molecule has 0 aromatic rings. The first-order valence-electron chi connectivity index (χ1n) is 6.55. The summed E-state index contributed by atoms with van der Waals surface area (Å²) in [5.74, 6) is -0.429. The molecule has 1 amide bonds. The van der Waals surface area contributed by atoms with Crippen LogP contribution in [0.1, 0.15) is 33.6 Å². The summed E-state index contributed by atoms with van der Waals surface area (Å²) in [6.07, 6.45) is 0.878. The van der Waals surface area contributed by atoms with E-state index < -0.39 is 12.0 Å². The van der Waals surface area contributed by atoms with Gasteiger partial charge in [0.05, 0.1) is 6.42 Å². The van der Waals surface area contributed by atoms with Gasteiger partial charge < -0.3 is 10.0 Å². The van der Waals surface area contributed by atoms with Gasteiger partial charge in [0, 0.05) is 19.6 Å². The summed E-state index contributed by atoms with van der Waals surface area (Å²) < 4.78 is 0. The predicted octanol–water partition coefficient (Wildman–Crippen LogP) is 1.04. The van der Waals surface area contributed by atoms with E-state index in [-0.39, 0.29) is 18.4 Å². The van der Waals surface area contributed by atoms with E-state index in [4.69, 9.17) is 5.11 Å². The highest BCUT2D eigenvalue weighted by Crippen LogP contribution is 2.20. The maximum atomic E-state index is 12.1. The lowest BCUT2D eigenvalue weighted by atomic mass is 10.0. The molecule has 0 spiro atoms. The second kappa shape index (κ2) is 6.18.